The van der Waals surface area contributed by atoms with E-state index in [4.69, 9.17) is 10.5 Å². The van der Waals surface area contributed by atoms with Crippen LogP contribution in [0.4, 0.5) is 23.3 Å². The average Bonchev–Trinajstić information content (AvgIpc) is 3.05. The van der Waals surface area contributed by atoms with Crippen molar-refractivity contribution in [1.82, 2.24) is 19.7 Å². The van der Waals surface area contributed by atoms with Gasteiger partial charge in [-0.3, -0.25) is 0 Å². The summed E-state index contributed by atoms with van der Waals surface area (Å²) in [5.41, 5.74) is 8.10. The van der Waals surface area contributed by atoms with Gasteiger partial charge in [0.05, 0.1) is 18.9 Å². The van der Waals surface area contributed by atoms with Crippen molar-refractivity contribution in [2.45, 2.75) is 0 Å². The summed E-state index contributed by atoms with van der Waals surface area (Å²) in [5.74, 6) is 1.35. The van der Waals surface area contributed by atoms with Crippen LogP contribution in [0.15, 0.2) is 42.6 Å². The zero-order chi connectivity index (χ0) is 17.9. The molecule has 0 unspecified atom stereocenters. The third kappa shape index (κ3) is 3.58. The Kier molecular flexibility index (Phi) is 4.89. The number of hydrogen-bond donors (Lipinski definition) is 2. The first-order valence-electron chi connectivity index (χ1n) is 8.24. The van der Waals surface area contributed by atoms with Gasteiger partial charge in [-0.1, -0.05) is 6.07 Å². The molecule has 1 aliphatic heterocycles. The average molecular weight is 463 g/mol. The molecular formula is C17H18IN7O. The van der Waals surface area contributed by atoms with Crippen LogP contribution >= 0.6 is 22.6 Å². The number of nitrogen functional groups attached to an aromatic ring is 1. The molecule has 0 spiro atoms. The van der Waals surface area contributed by atoms with Crippen LogP contribution in [0.5, 0.6) is 0 Å². The van der Waals surface area contributed by atoms with Crippen LogP contribution in [0.3, 0.4) is 0 Å². The van der Waals surface area contributed by atoms with Crippen LogP contribution in [0, 0.1) is 3.57 Å². The van der Waals surface area contributed by atoms with E-state index >= 15 is 0 Å². The van der Waals surface area contributed by atoms with Gasteiger partial charge in [0.15, 0.2) is 5.82 Å². The quantitative estimate of drug-likeness (QED) is 0.574. The Labute approximate surface area is 164 Å². The van der Waals surface area contributed by atoms with Gasteiger partial charge in [-0.25, -0.2) is 4.98 Å². The highest BCUT2D eigenvalue weighted by Gasteiger charge is 2.14. The number of ether oxygens (including phenoxy) is 1. The molecule has 9 heteroatoms. The highest BCUT2D eigenvalue weighted by Crippen LogP contribution is 2.27. The Balaban J connectivity index is 1.54. The molecule has 0 aliphatic carbocycles. The first-order chi connectivity index (χ1) is 12.7. The molecule has 3 heterocycles. The van der Waals surface area contributed by atoms with Crippen LogP contribution < -0.4 is 16.0 Å². The van der Waals surface area contributed by atoms with Crippen molar-refractivity contribution in [3.8, 4) is 5.82 Å². The molecule has 2 aromatic heterocycles. The van der Waals surface area contributed by atoms with Crippen LogP contribution in [0.25, 0.3) is 5.82 Å². The molecule has 8 nitrogen and oxygen atoms in total. The van der Waals surface area contributed by atoms with E-state index in [0.29, 0.717) is 11.8 Å². The molecule has 3 aromatic rings. The van der Waals surface area contributed by atoms with Crippen molar-refractivity contribution < 1.29 is 4.74 Å². The normalized spacial score (nSPS) is 14.4. The Bertz CT molecular complexity index is 893. The summed E-state index contributed by atoms with van der Waals surface area (Å²) in [7, 11) is 0. The van der Waals surface area contributed by atoms with Crippen molar-refractivity contribution in [2.75, 3.05) is 42.3 Å². The molecule has 134 valence electrons. The lowest BCUT2D eigenvalue weighted by Crippen LogP contribution is -2.36. The highest BCUT2D eigenvalue weighted by atomic mass is 127. The monoisotopic (exact) mass is 463 g/mol. The van der Waals surface area contributed by atoms with Crippen molar-refractivity contribution in [3.63, 3.8) is 0 Å². The van der Waals surface area contributed by atoms with Crippen molar-refractivity contribution in [3.05, 3.63) is 46.2 Å². The zero-order valence-corrected chi connectivity index (χ0v) is 16.1. The molecule has 26 heavy (non-hydrogen) atoms. The van der Waals surface area contributed by atoms with Gasteiger partial charge in [0.2, 0.25) is 11.9 Å². The second kappa shape index (κ2) is 7.46. The lowest BCUT2D eigenvalue weighted by atomic mass is 10.2. The second-order valence-corrected chi connectivity index (χ2v) is 6.94. The Morgan fingerprint density at radius 1 is 1.15 bits per heavy atom. The van der Waals surface area contributed by atoms with Gasteiger partial charge < -0.3 is 20.7 Å². The van der Waals surface area contributed by atoms with E-state index in [-0.39, 0.29) is 5.95 Å². The Hall–Kier alpha value is -2.40. The predicted octanol–water partition coefficient (Wildman–Crippen LogP) is 2.43. The molecule has 0 atom stereocenters. The van der Waals surface area contributed by atoms with Crippen molar-refractivity contribution in [2.24, 2.45) is 0 Å². The summed E-state index contributed by atoms with van der Waals surface area (Å²) < 4.78 is 8.01. The van der Waals surface area contributed by atoms with E-state index in [2.05, 4.69) is 60.0 Å². The molecule has 1 aromatic carbocycles. The van der Waals surface area contributed by atoms with Gasteiger partial charge in [-0.2, -0.15) is 9.67 Å². The number of anilines is 4. The molecular weight excluding hydrogens is 445 g/mol. The third-order valence-corrected chi connectivity index (χ3v) is 4.97. The lowest BCUT2D eigenvalue weighted by molar-refractivity contribution is 0.122. The molecule has 1 aliphatic rings. The fourth-order valence-corrected chi connectivity index (χ4v) is 3.40. The number of hydrogen-bond acceptors (Lipinski definition) is 7. The molecule has 1 saturated heterocycles. The van der Waals surface area contributed by atoms with E-state index in [0.717, 1.165) is 35.6 Å². The minimum atomic E-state index is 0.283. The molecule has 0 amide bonds. The maximum Gasteiger partial charge on any atom is 0.248 e. The Morgan fingerprint density at radius 2 is 2.00 bits per heavy atom. The number of nitrogens with one attached hydrogen (secondary N) is 1. The summed E-state index contributed by atoms with van der Waals surface area (Å²) in [5, 5.41) is 7.64. The SMILES string of the molecule is Nc1nc(Nc2ccc(N3CCOCC3)cc2I)nn1-c1ccccn1. The third-order valence-electron chi connectivity index (χ3n) is 4.07. The smallest absolute Gasteiger partial charge is 0.248 e. The van der Waals surface area contributed by atoms with Crippen LogP contribution in [-0.2, 0) is 4.74 Å². The fourth-order valence-electron chi connectivity index (χ4n) is 2.77. The largest absolute Gasteiger partial charge is 0.378 e. The molecule has 0 radical (unpaired) electrons. The summed E-state index contributed by atoms with van der Waals surface area (Å²) in [6.07, 6.45) is 1.69. The van der Waals surface area contributed by atoms with Gasteiger partial charge in [0.1, 0.15) is 0 Å². The van der Waals surface area contributed by atoms with E-state index in [1.807, 2.05) is 24.3 Å². The van der Waals surface area contributed by atoms with Gasteiger partial charge in [-0.05, 0) is 52.9 Å². The maximum atomic E-state index is 5.98. The highest BCUT2D eigenvalue weighted by molar-refractivity contribution is 14.1. The van der Waals surface area contributed by atoms with Crippen LogP contribution in [-0.4, -0.2) is 46.1 Å². The number of benzene rings is 1. The summed E-state index contributed by atoms with van der Waals surface area (Å²) in [4.78, 5) is 10.9. The molecule has 3 N–H and O–H groups in total. The summed E-state index contributed by atoms with van der Waals surface area (Å²) in [6, 6.07) is 11.8. The first kappa shape index (κ1) is 17.0. The molecule has 1 fully saturated rings. The predicted molar refractivity (Wildman–Crippen MR) is 109 cm³/mol. The van der Waals surface area contributed by atoms with E-state index in [9.17, 15) is 0 Å². The van der Waals surface area contributed by atoms with Gasteiger partial charge >= 0.3 is 0 Å². The Morgan fingerprint density at radius 3 is 2.73 bits per heavy atom. The van der Waals surface area contributed by atoms with Gasteiger partial charge in [0, 0.05) is 28.5 Å². The zero-order valence-electron chi connectivity index (χ0n) is 14.0. The minimum Gasteiger partial charge on any atom is -0.378 e. The van der Waals surface area contributed by atoms with E-state index in [1.165, 1.54) is 10.4 Å². The van der Waals surface area contributed by atoms with Gasteiger partial charge in [-0.15, -0.1) is 5.10 Å². The number of halogens is 1. The molecule has 4 rings (SSSR count). The topological polar surface area (TPSA) is 94.1 Å². The minimum absolute atomic E-state index is 0.283. The lowest BCUT2D eigenvalue weighted by Gasteiger charge is -2.29. The second-order valence-electron chi connectivity index (χ2n) is 5.78. The number of aromatic nitrogens is 4. The molecule has 0 bridgehead atoms. The summed E-state index contributed by atoms with van der Waals surface area (Å²) >= 11 is 2.31. The van der Waals surface area contributed by atoms with Gasteiger partial charge in [0.25, 0.3) is 0 Å². The molecule has 0 saturated carbocycles. The number of morpholine rings is 1. The standard InChI is InChI=1S/C17H18IN7O/c18-13-11-12(24-7-9-26-10-8-24)4-5-14(13)21-17-22-16(19)25(23-17)15-3-1-2-6-20-15/h1-6,11H,7-10H2,(H3,19,21,22,23). The number of nitrogens with zero attached hydrogens (tertiary/aromatic N) is 5. The maximum absolute atomic E-state index is 5.98. The van der Waals surface area contributed by atoms with Crippen LogP contribution in [0.2, 0.25) is 0 Å². The van der Waals surface area contributed by atoms with E-state index < -0.39 is 0 Å². The van der Waals surface area contributed by atoms with Crippen molar-refractivity contribution in [1.29, 1.82) is 0 Å². The van der Waals surface area contributed by atoms with Crippen LogP contribution in [0.1, 0.15) is 0 Å². The number of nitrogens with two attached hydrogens (primary N) is 1. The van der Waals surface area contributed by atoms with E-state index in [1.54, 1.807) is 6.20 Å². The number of rotatable bonds is 4. The number of pyridine rings is 1. The summed E-state index contributed by atoms with van der Waals surface area (Å²) in [6.45, 7) is 3.36. The first-order valence-corrected chi connectivity index (χ1v) is 9.32. The fraction of sp³-hybridized carbons (Fsp3) is 0.235. The van der Waals surface area contributed by atoms with Crippen molar-refractivity contribution >= 4 is 45.9 Å².